The zero-order chi connectivity index (χ0) is 17.6. The molecular formula is C17H24ClN5O2. The molecule has 1 aliphatic heterocycles. The predicted octanol–water partition coefficient (Wildman–Crippen LogP) is 3.14. The Bertz CT molecular complexity index is 761. The summed E-state index contributed by atoms with van der Waals surface area (Å²) in [6, 6.07) is 0.400. The summed E-state index contributed by atoms with van der Waals surface area (Å²) in [6.45, 7) is 4.07. The van der Waals surface area contributed by atoms with Gasteiger partial charge in [-0.1, -0.05) is 26.7 Å². The second-order valence-electron chi connectivity index (χ2n) is 7.11. The molecule has 3 heterocycles. The molecule has 2 aromatic rings. The van der Waals surface area contributed by atoms with E-state index in [2.05, 4.69) is 27.2 Å². The molecule has 0 aromatic carbocycles. The summed E-state index contributed by atoms with van der Waals surface area (Å²) in [4.78, 5) is 13.2. The lowest BCUT2D eigenvalue weighted by Crippen LogP contribution is -2.24. The predicted molar refractivity (Wildman–Crippen MR) is 95.6 cm³/mol. The van der Waals surface area contributed by atoms with Crippen molar-refractivity contribution in [2.45, 2.75) is 70.4 Å². The fraction of sp³-hybridized carbons (Fsp3) is 0.706. The molecule has 4 rings (SSSR count). The second kappa shape index (κ2) is 6.70. The van der Waals surface area contributed by atoms with Crippen LogP contribution < -0.4 is 5.32 Å². The third-order valence-corrected chi connectivity index (χ3v) is 5.67. The number of halogens is 1. The van der Waals surface area contributed by atoms with E-state index in [-0.39, 0.29) is 17.3 Å². The van der Waals surface area contributed by atoms with Crippen molar-refractivity contribution in [1.29, 1.82) is 0 Å². The highest BCUT2D eigenvalue weighted by Gasteiger charge is 2.41. The van der Waals surface area contributed by atoms with Crippen LogP contribution >= 0.6 is 11.6 Å². The van der Waals surface area contributed by atoms with Gasteiger partial charge < -0.3 is 15.2 Å². The highest BCUT2D eigenvalue weighted by Crippen LogP contribution is 2.37. The number of hydrogen-bond acceptors (Lipinski definition) is 6. The van der Waals surface area contributed by atoms with E-state index in [4.69, 9.17) is 16.3 Å². The van der Waals surface area contributed by atoms with Crippen LogP contribution in [0.1, 0.15) is 52.2 Å². The molecule has 1 aliphatic carbocycles. The summed E-state index contributed by atoms with van der Waals surface area (Å²) in [7, 11) is 0. The van der Waals surface area contributed by atoms with Gasteiger partial charge in [-0.2, -0.15) is 9.97 Å². The van der Waals surface area contributed by atoms with Crippen molar-refractivity contribution in [3.05, 3.63) is 11.6 Å². The van der Waals surface area contributed by atoms with Crippen molar-refractivity contribution in [1.82, 2.24) is 19.5 Å². The Morgan fingerprint density at radius 2 is 2.12 bits per heavy atom. The van der Waals surface area contributed by atoms with Crippen LogP contribution in [0.2, 0.25) is 5.28 Å². The van der Waals surface area contributed by atoms with Gasteiger partial charge in [0.1, 0.15) is 6.10 Å². The van der Waals surface area contributed by atoms with Gasteiger partial charge in [0.2, 0.25) is 5.28 Å². The van der Waals surface area contributed by atoms with Crippen molar-refractivity contribution >= 4 is 28.6 Å². The number of imidazole rings is 1. The van der Waals surface area contributed by atoms with Crippen LogP contribution in [0.25, 0.3) is 11.2 Å². The maximum atomic E-state index is 10.6. The van der Waals surface area contributed by atoms with Gasteiger partial charge in [-0.15, -0.1) is 0 Å². The highest BCUT2D eigenvalue weighted by atomic mass is 35.5. The quantitative estimate of drug-likeness (QED) is 0.809. The maximum absolute atomic E-state index is 10.6. The van der Waals surface area contributed by atoms with E-state index in [1.165, 1.54) is 12.8 Å². The summed E-state index contributed by atoms with van der Waals surface area (Å²) in [6.07, 6.45) is 6.13. The van der Waals surface area contributed by atoms with Gasteiger partial charge in [0.15, 0.2) is 23.2 Å². The van der Waals surface area contributed by atoms with E-state index < -0.39 is 12.3 Å². The molecule has 2 aliphatic rings. The second-order valence-corrected chi connectivity index (χ2v) is 7.45. The molecule has 7 nitrogen and oxygen atoms in total. The number of nitrogens with zero attached hydrogens (tertiary/aromatic N) is 4. The van der Waals surface area contributed by atoms with E-state index in [1.807, 2.05) is 6.92 Å². The minimum atomic E-state index is -0.609. The number of nitrogens with one attached hydrogen (secondary N) is 1. The van der Waals surface area contributed by atoms with Gasteiger partial charge in [-0.3, -0.25) is 4.57 Å². The fourth-order valence-corrected chi connectivity index (χ4v) is 4.17. The number of aliphatic hydroxyl groups excluding tert-OH is 1. The average Bonchev–Trinajstić information content (AvgIpc) is 3.29. The van der Waals surface area contributed by atoms with Crippen molar-refractivity contribution in [3.8, 4) is 0 Å². The van der Waals surface area contributed by atoms with Crippen molar-refractivity contribution in [2.75, 3.05) is 5.32 Å². The largest absolute Gasteiger partial charge is 0.388 e. The molecule has 0 bridgehead atoms. The Balaban J connectivity index is 1.70. The molecule has 1 saturated carbocycles. The lowest BCUT2D eigenvalue weighted by Gasteiger charge is -2.17. The van der Waals surface area contributed by atoms with Crippen LogP contribution in [0.5, 0.6) is 0 Å². The van der Waals surface area contributed by atoms with Crippen LogP contribution in [0, 0.1) is 5.92 Å². The van der Waals surface area contributed by atoms with Crippen molar-refractivity contribution in [3.63, 3.8) is 0 Å². The van der Waals surface area contributed by atoms with Gasteiger partial charge in [-0.05, 0) is 30.9 Å². The smallest absolute Gasteiger partial charge is 0.226 e. The average molecular weight is 366 g/mol. The Morgan fingerprint density at radius 1 is 1.36 bits per heavy atom. The lowest BCUT2D eigenvalue weighted by molar-refractivity contribution is -0.0355. The minimum Gasteiger partial charge on any atom is -0.388 e. The first-order valence-corrected chi connectivity index (χ1v) is 9.46. The van der Waals surface area contributed by atoms with Crippen LogP contribution in [-0.4, -0.2) is 42.9 Å². The molecule has 136 valence electrons. The number of fused-ring (bicyclic) bond motifs is 1. The molecule has 2 aromatic heterocycles. The summed E-state index contributed by atoms with van der Waals surface area (Å²) >= 11 is 6.16. The van der Waals surface area contributed by atoms with E-state index in [1.54, 1.807) is 10.9 Å². The van der Waals surface area contributed by atoms with Gasteiger partial charge in [-0.25, -0.2) is 4.98 Å². The third-order valence-electron chi connectivity index (χ3n) is 5.50. The lowest BCUT2D eigenvalue weighted by atomic mass is 9.99. The molecule has 0 amide bonds. The van der Waals surface area contributed by atoms with E-state index in [0.29, 0.717) is 23.0 Å². The number of aromatic nitrogens is 4. The molecule has 2 fully saturated rings. The number of aliphatic hydroxyl groups is 1. The molecule has 0 spiro atoms. The summed E-state index contributed by atoms with van der Waals surface area (Å²) in [5.74, 6) is 0.717. The van der Waals surface area contributed by atoms with Crippen LogP contribution in [0.3, 0.4) is 0 Å². The first-order valence-electron chi connectivity index (χ1n) is 9.08. The normalized spacial score (nSPS) is 30.4. The highest BCUT2D eigenvalue weighted by molar-refractivity contribution is 6.28. The van der Waals surface area contributed by atoms with Crippen LogP contribution in [0.4, 0.5) is 5.82 Å². The Labute approximate surface area is 151 Å². The van der Waals surface area contributed by atoms with E-state index in [9.17, 15) is 5.11 Å². The van der Waals surface area contributed by atoms with Gasteiger partial charge in [0.25, 0.3) is 0 Å². The van der Waals surface area contributed by atoms with Gasteiger partial charge in [0, 0.05) is 12.0 Å². The number of rotatable bonds is 4. The Hall–Kier alpha value is -1.44. The zero-order valence-corrected chi connectivity index (χ0v) is 15.3. The third kappa shape index (κ3) is 2.98. The molecule has 1 saturated heterocycles. The zero-order valence-electron chi connectivity index (χ0n) is 14.5. The molecule has 2 N–H and O–H groups in total. The Kier molecular flexibility index (Phi) is 4.56. The maximum Gasteiger partial charge on any atom is 0.226 e. The number of anilines is 1. The first kappa shape index (κ1) is 17.0. The van der Waals surface area contributed by atoms with Crippen LogP contribution in [-0.2, 0) is 4.74 Å². The topological polar surface area (TPSA) is 85.1 Å². The number of hydrogen-bond donors (Lipinski definition) is 2. The van der Waals surface area contributed by atoms with Crippen molar-refractivity contribution in [2.24, 2.45) is 5.92 Å². The molecule has 8 heteroatoms. The summed E-state index contributed by atoms with van der Waals surface area (Å²) < 4.78 is 7.83. The molecule has 25 heavy (non-hydrogen) atoms. The fourth-order valence-electron chi connectivity index (χ4n) is 4.00. The SMILES string of the molecule is CC[C@H]1O[C@@H](n2cnc3c(NC4CCCC4)nc(Cl)nc32)[C@H](O)[C@@H]1C. The monoisotopic (exact) mass is 365 g/mol. The summed E-state index contributed by atoms with van der Waals surface area (Å²) in [5.41, 5.74) is 1.26. The molecule has 4 atom stereocenters. The first-order chi connectivity index (χ1) is 12.1. The van der Waals surface area contributed by atoms with Gasteiger partial charge >= 0.3 is 0 Å². The molecular weight excluding hydrogens is 342 g/mol. The summed E-state index contributed by atoms with van der Waals surface area (Å²) in [5, 5.41) is 14.2. The van der Waals surface area contributed by atoms with Crippen molar-refractivity contribution < 1.29 is 9.84 Å². The minimum absolute atomic E-state index is 0.0193. The van der Waals surface area contributed by atoms with E-state index >= 15 is 0 Å². The van der Waals surface area contributed by atoms with Crippen LogP contribution in [0.15, 0.2) is 6.33 Å². The number of ether oxygens (including phenoxy) is 1. The molecule has 0 unspecified atom stereocenters. The standard InChI is InChI=1S/C17H24ClN5O2/c1-3-11-9(2)13(24)16(25-11)23-8-19-12-14(20-10-6-4-5-7-10)21-17(18)22-15(12)23/h8-11,13,16,24H,3-7H2,1-2H3,(H,20,21,22)/t9-,11-,13-,16-/m1/s1. The van der Waals surface area contributed by atoms with Gasteiger partial charge in [0.05, 0.1) is 12.4 Å². The Morgan fingerprint density at radius 3 is 2.80 bits per heavy atom. The molecule has 0 radical (unpaired) electrons. The van der Waals surface area contributed by atoms with E-state index in [0.717, 1.165) is 19.3 Å².